The maximum absolute atomic E-state index is 12.5. The van der Waals surface area contributed by atoms with Crippen molar-refractivity contribution in [2.24, 2.45) is 0 Å². The number of carbonyl (C=O) groups excluding carboxylic acids is 2. The van der Waals surface area contributed by atoms with Gasteiger partial charge in [0.05, 0.1) is 37.1 Å². The van der Waals surface area contributed by atoms with E-state index in [1.54, 1.807) is 35.1 Å². The van der Waals surface area contributed by atoms with Crippen molar-refractivity contribution in [1.29, 1.82) is 0 Å². The molecule has 0 aliphatic heterocycles. The fourth-order valence-corrected chi connectivity index (χ4v) is 2.28. The van der Waals surface area contributed by atoms with Crippen LogP contribution in [0.25, 0.3) is 5.52 Å². The molecule has 0 bridgehead atoms. The fourth-order valence-electron chi connectivity index (χ4n) is 2.28. The lowest BCUT2D eigenvalue weighted by Gasteiger charge is -2.11. The minimum atomic E-state index is -0.582. The van der Waals surface area contributed by atoms with Crippen LogP contribution in [0.1, 0.15) is 20.7 Å². The number of carbonyl (C=O) groups is 2. The monoisotopic (exact) mass is 326 g/mol. The molecule has 0 saturated heterocycles. The van der Waals surface area contributed by atoms with Crippen molar-refractivity contribution >= 4 is 17.5 Å². The zero-order valence-corrected chi connectivity index (χ0v) is 13.1. The van der Waals surface area contributed by atoms with Gasteiger partial charge in [-0.1, -0.05) is 0 Å². The van der Waals surface area contributed by atoms with Crippen molar-refractivity contribution < 1.29 is 23.8 Å². The standard InChI is InChI=1S/C17H14N2O5/c1-22-14-6-5-11(16(20)23-2)10-15(14)24-17(21)12-4-3-9-19-13(12)7-8-18-19/h3-10H,1-2H3. The van der Waals surface area contributed by atoms with Gasteiger partial charge in [0.15, 0.2) is 11.5 Å². The second-order valence-corrected chi connectivity index (χ2v) is 4.83. The summed E-state index contributed by atoms with van der Waals surface area (Å²) < 4.78 is 16.8. The van der Waals surface area contributed by atoms with Crippen LogP contribution in [0, 0.1) is 0 Å². The number of ether oxygens (including phenoxy) is 3. The third-order valence-electron chi connectivity index (χ3n) is 3.44. The van der Waals surface area contributed by atoms with E-state index in [4.69, 9.17) is 9.47 Å². The summed E-state index contributed by atoms with van der Waals surface area (Å²) in [5, 5.41) is 4.07. The van der Waals surface area contributed by atoms with E-state index < -0.39 is 11.9 Å². The molecule has 3 aromatic rings. The van der Waals surface area contributed by atoms with Crippen LogP contribution in [0.3, 0.4) is 0 Å². The third-order valence-corrected chi connectivity index (χ3v) is 3.44. The van der Waals surface area contributed by atoms with Crippen LogP contribution in [0.5, 0.6) is 11.5 Å². The molecule has 0 amide bonds. The number of rotatable bonds is 4. The number of fused-ring (bicyclic) bond motifs is 1. The Balaban J connectivity index is 1.96. The van der Waals surface area contributed by atoms with E-state index in [0.29, 0.717) is 16.8 Å². The topological polar surface area (TPSA) is 79.1 Å². The molecule has 0 atom stereocenters. The molecule has 0 radical (unpaired) electrons. The van der Waals surface area contributed by atoms with Crippen molar-refractivity contribution in [3.05, 3.63) is 59.9 Å². The largest absolute Gasteiger partial charge is 0.493 e. The number of pyridine rings is 1. The highest BCUT2D eigenvalue weighted by molar-refractivity contribution is 5.98. The number of benzene rings is 1. The first-order chi connectivity index (χ1) is 11.6. The predicted molar refractivity (Wildman–Crippen MR) is 84.5 cm³/mol. The number of hydrogen-bond donors (Lipinski definition) is 0. The molecule has 7 heteroatoms. The van der Waals surface area contributed by atoms with Crippen LogP contribution in [0.2, 0.25) is 0 Å². The first-order valence-electron chi connectivity index (χ1n) is 7.05. The Hall–Kier alpha value is -3.35. The Labute approximate surface area is 137 Å². The molecule has 122 valence electrons. The molecule has 1 aromatic carbocycles. The second-order valence-electron chi connectivity index (χ2n) is 4.83. The van der Waals surface area contributed by atoms with Crippen LogP contribution in [-0.4, -0.2) is 35.8 Å². The second kappa shape index (κ2) is 6.41. The summed E-state index contributed by atoms with van der Waals surface area (Å²) in [6.07, 6.45) is 3.31. The summed E-state index contributed by atoms with van der Waals surface area (Å²) in [6, 6.07) is 9.50. The molecule has 0 unspecified atom stereocenters. The maximum atomic E-state index is 12.5. The van der Waals surface area contributed by atoms with Crippen LogP contribution in [0.4, 0.5) is 0 Å². The number of methoxy groups -OCH3 is 2. The Morgan fingerprint density at radius 1 is 1.04 bits per heavy atom. The smallest absolute Gasteiger partial charge is 0.345 e. The van der Waals surface area contributed by atoms with Crippen molar-refractivity contribution in [2.75, 3.05) is 14.2 Å². The predicted octanol–water partition coefficient (Wildman–Crippen LogP) is 2.35. The quantitative estimate of drug-likeness (QED) is 0.541. The molecule has 3 rings (SSSR count). The van der Waals surface area contributed by atoms with Crippen LogP contribution < -0.4 is 9.47 Å². The van der Waals surface area contributed by atoms with Gasteiger partial charge in [-0.05, 0) is 36.4 Å². The first kappa shape index (κ1) is 15.5. The minimum absolute atomic E-state index is 0.131. The van der Waals surface area contributed by atoms with Crippen molar-refractivity contribution in [3.63, 3.8) is 0 Å². The van der Waals surface area contributed by atoms with Gasteiger partial charge in [-0.15, -0.1) is 0 Å². The van der Waals surface area contributed by atoms with E-state index in [2.05, 4.69) is 9.84 Å². The lowest BCUT2D eigenvalue weighted by molar-refractivity contribution is 0.0597. The third kappa shape index (κ3) is 2.79. The molecule has 2 aromatic heterocycles. The molecule has 24 heavy (non-hydrogen) atoms. The molecule has 0 saturated carbocycles. The van der Waals surface area contributed by atoms with Gasteiger partial charge in [0.25, 0.3) is 0 Å². The molecule has 7 nitrogen and oxygen atoms in total. The average Bonchev–Trinajstić information content (AvgIpc) is 3.09. The highest BCUT2D eigenvalue weighted by Crippen LogP contribution is 2.29. The molecule has 0 spiro atoms. The summed E-state index contributed by atoms with van der Waals surface area (Å²) in [4.78, 5) is 24.2. The maximum Gasteiger partial charge on any atom is 0.345 e. The van der Waals surface area contributed by atoms with Gasteiger partial charge in [0.2, 0.25) is 0 Å². The molecule has 0 fully saturated rings. The number of nitrogens with zero attached hydrogens (tertiary/aromatic N) is 2. The molecule has 0 N–H and O–H groups in total. The van der Waals surface area contributed by atoms with E-state index in [1.165, 1.54) is 32.4 Å². The summed E-state index contributed by atoms with van der Waals surface area (Å²) in [5.41, 5.74) is 1.22. The number of aromatic nitrogens is 2. The first-order valence-corrected chi connectivity index (χ1v) is 7.05. The molecule has 2 heterocycles. The zero-order chi connectivity index (χ0) is 17.1. The Kier molecular flexibility index (Phi) is 4.15. The normalized spacial score (nSPS) is 10.4. The van der Waals surface area contributed by atoms with E-state index in [9.17, 15) is 9.59 Å². The van der Waals surface area contributed by atoms with Gasteiger partial charge in [0, 0.05) is 6.20 Å². The number of esters is 2. The van der Waals surface area contributed by atoms with Gasteiger partial charge in [-0.3, -0.25) is 0 Å². The molecular weight excluding hydrogens is 312 g/mol. The van der Waals surface area contributed by atoms with E-state index in [0.717, 1.165) is 0 Å². The minimum Gasteiger partial charge on any atom is -0.493 e. The summed E-state index contributed by atoms with van der Waals surface area (Å²) in [7, 11) is 2.72. The van der Waals surface area contributed by atoms with E-state index in [1.807, 2.05) is 0 Å². The lowest BCUT2D eigenvalue weighted by Crippen LogP contribution is -2.11. The van der Waals surface area contributed by atoms with Gasteiger partial charge in [-0.25, -0.2) is 14.1 Å². The summed E-state index contributed by atoms with van der Waals surface area (Å²) >= 11 is 0. The highest BCUT2D eigenvalue weighted by Gasteiger charge is 2.18. The van der Waals surface area contributed by atoms with Gasteiger partial charge < -0.3 is 14.2 Å². The van der Waals surface area contributed by atoms with Crippen LogP contribution in [-0.2, 0) is 4.74 Å². The zero-order valence-electron chi connectivity index (χ0n) is 13.1. The lowest BCUT2D eigenvalue weighted by atomic mass is 10.2. The van der Waals surface area contributed by atoms with Crippen molar-refractivity contribution in [2.45, 2.75) is 0 Å². The van der Waals surface area contributed by atoms with Crippen molar-refractivity contribution in [1.82, 2.24) is 9.61 Å². The average molecular weight is 326 g/mol. The van der Waals surface area contributed by atoms with Gasteiger partial charge >= 0.3 is 11.9 Å². The van der Waals surface area contributed by atoms with Gasteiger partial charge in [-0.2, -0.15) is 5.10 Å². The SMILES string of the molecule is COC(=O)c1ccc(OC)c(OC(=O)c2cccn3nccc23)c1. The van der Waals surface area contributed by atoms with Gasteiger partial charge in [0.1, 0.15) is 0 Å². The Morgan fingerprint density at radius 3 is 2.62 bits per heavy atom. The highest BCUT2D eigenvalue weighted by atomic mass is 16.6. The molecular formula is C17H14N2O5. The molecule has 0 aliphatic carbocycles. The summed E-state index contributed by atoms with van der Waals surface area (Å²) in [6.45, 7) is 0. The van der Waals surface area contributed by atoms with E-state index >= 15 is 0 Å². The molecule has 0 aliphatic rings. The van der Waals surface area contributed by atoms with Crippen molar-refractivity contribution in [3.8, 4) is 11.5 Å². The van der Waals surface area contributed by atoms with Crippen LogP contribution in [0.15, 0.2) is 48.8 Å². The Bertz CT molecular complexity index is 916. The van der Waals surface area contributed by atoms with E-state index in [-0.39, 0.29) is 11.3 Å². The number of hydrogen-bond acceptors (Lipinski definition) is 6. The summed E-state index contributed by atoms with van der Waals surface area (Å²) in [5.74, 6) is -0.655. The fraction of sp³-hybridized carbons (Fsp3) is 0.118. The van der Waals surface area contributed by atoms with Crippen LogP contribution >= 0.6 is 0 Å². The Morgan fingerprint density at radius 2 is 1.88 bits per heavy atom.